The number of hydrogen-bond acceptors (Lipinski definition) is 7. The van der Waals surface area contributed by atoms with Gasteiger partial charge in [0.1, 0.15) is 0 Å². The smallest absolute Gasteiger partial charge is 0.271 e. The highest BCUT2D eigenvalue weighted by molar-refractivity contribution is 5.78. The molecule has 2 aliphatic heterocycles. The van der Waals surface area contributed by atoms with E-state index < -0.39 is 17.4 Å². The third-order valence-electron chi connectivity index (χ3n) is 4.40. The van der Waals surface area contributed by atoms with E-state index in [9.17, 15) is 20.3 Å². The molecular weight excluding hydrogens is 300 g/mol. The van der Waals surface area contributed by atoms with Crippen LogP contribution in [0.4, 0.5) is 17.1 Å². The maximum atomic E-state index is 11.2. The number of nitrogens with one attached hydrogen (secondary N) is 2. The van der Waals surface area contributed by atoms with Crippen LogP contribution in [-0.2, 0) is 6.54 Å². The highest BCUT2D eigenvalue weighted by atomic mass is 16.6. The number of aliphatic hydroxyl groups is 2. The second kappa shape index (κ2) is 6.69. The first-order valence-electron chi connectivity index (χ1n) is 7.97. The van der Waals surface area contributed by atoms with E-state index in [1.54, 1.807) is 6.07 Å². The van der Waals surface area contributed by atoms with Crippen molar-refractivity contribution in [3.05, 3.63) is 27.8 Å². The quantitative estimate of drug-likeness (QED) is 0.492. The van der Waals surface area contributed by atoms with Crippen LogP contribution in [0.1, 0.15) is 31.2 Å². The standard InChI is InChI=1S/C15H22N4O4/c20-14-15(21)17-13-10(9-18-5-3-1-2-4-6-18)7-11(19(22)23)8-12(13)16-14/h7-8,14-17,20-21H,1-6,9H2. The molecule has 8 nitrogen and oxygen atoms in total. The van der Waals surface area contributed by atoms with Crippen LogP contribution >= 0.6 is 0 Å². The first kappa shape index (κ1) is 16.0. The Bertz CT molecular complexity index is 587. The molecule has 1 saturated heterocycles. The Morgan fingerprint density at radius 3 is 2.43 bits per heavy atom. The van der Waals surface area contributed by atoms with E-state index in [1.807, 2.05) is 0 Å². The van der Waals surface area contributed by atoms with Crippen LogP contribution in [0.2, 0.25) is 0 Å². The Labute approximate surface area is 134 Å². The van der Waals surface area contributed by atoms with Crippen molar-refractivity contribution in [2.45, 2.75) is 44.7 Å². The van der Waals surface area contributed by atoms with Crippen LogP contribution in [0, 0.1) is 10.1 Å². The molecule has 126 valence electrons. The fourth-order valence-electron chi connectivity index (χ4n) is 3.20. The van der Waals surface area contributed by atoms with Crippen molar-refractivity contribution in [2.75, 3.05) is 23.7 Å². The molecule has 23 heavy (non-hydrogen) atoms. The Kier molecular flexibility index (Phi) is 4.65. The lowest BCUT2D eigenvalue weighted by Gasteiger charge is -2.32. The van der Waals surface area contributed by atoms with Crippen molar-refractivity contribution in [2.24, 2.45) is 0 Å². The first-order chi connectivity index (χ1) is 11.0. The number of nitro benzene ring substituents is 1. The van der Waals surface area contributed by atoms with Gasteiger partial charge in [0.05, 0.1) is 16.3 Å². The average molecular weight is 322 g/mol. The van der Waals surface area contributed by atoms with Crippen molar-refractivity contribution in [3.63, 3.8) is 0 Å². The first-order valence-corrected chi connectivity index (χ1v) is 7.97. The third-order valence-corrected chi connectivity index (χ3v) is 4.40. The number of rotatable bonds is 3. The van der Waals surface area contributed by atoms with Gasteiger partial charge in [-0.05, 0) is 31.5 Å². The SMILES string of the molecule is O=[N+]([O-])c1cc(CN2CCCCCC2)c2c(c1)NC(O)C(O)N2. The number of benzene rings is 1. The lowest BCUT2D eigenvalue weighted by molar-refractivity contribution is -0.384. The second-order valence-corrected chi connectivity index (χ2v) is 6.15. The zero-order chi connectivity index (χ0) is 16.4. The number of nitrogens with zero attached hydrogens (tertiary/aromatic N) is 2. The Morgan fingerprint density at radius 1 is 1.13 bits per heavy atom. The van der Waals surface area contributed by atoms with E-state index in [-0.39, 0.29) is 5.69 Å². The summed E-state index contributed by atoms with van der Waals surface area (Å²) < 4.78 is 0. The van der Waals surface area contributed by atoms with Gasteiger partial charge in [-0.3, -0.25) is 15.0 Å². The molecule has 2 unspecified atom stereocenters. The molecule has 0 aliphatic carbocycles. The number of nitro groups is 1. The summed E-state index contributed by atoms with van der Waals surface area (Å²) in [7, 11) is 0. The third kappa shape index (κ3) is 3.54. The summed E-state index contributed by atoms with van der Waals surface area (Å²) in [5.41, 5.74) is 1.81. The molecule has 1 aromatic carbocycles. The van der Waals surface area contributed by atoms with Gasteiger partial charge >= 0.3 is 0 Å². The molecule has 0 radical (unpaired) electrons. The second-order valence-electron chi connectivity index (χ2n) is 6.15. The van der Waals surface area contributed by atoms with E-state index in [0.717, 1.165) is 31.5 Å². The lowest BCUT2D eigenvalue weighted by atomic mass is 10.1. The molecule has 0 amide bonds. The van der Waals surface area contributed by atoms with Crippen molar-refractivity contribution >= 4 is 17.1 Å². The number of non-ortho nitro benzene ring substituents is 1. The van der Waals surface area contributed by atoms with Crippen LogP contribution in [0.15, 0.2) is 12.1 Å². The number of anilines is 2. The minimum atomic E-state index is -1.20. The van der Waals surface area contributed by atoms with Crippen molar-refractivity contribution < 1.29 is 15.1 Å². The lowest BCUT2D eigenvalue weighted by Crippen LogP contribution is -2.43. The van der Waals surface area contributed by atoms with Crippen LogP contribution in [0.3, 0.4) is 0 Å². The molecule has 3 rings (SSSR count). The van der Waals surface area contributed by atoms with Crippen LogP contribution in [0.25, 0.3) is 0 Å². The monoisotopic (exact) mass is 322 g/mol. The van der Waals surface area contributed by atoms with Gasteiger partial charge < -0.3 is 20.8 Å². The molecule has 0 spiro atoms. The largest absolute Gasteiger partial charge is 0.369 e. The van der Waals surface area contributed by atoms with Crippen LogP contribution < -0.4 is 10.6 Å². The Balaban J connectivity index is 1.92. The Morgan fingerprint density at radius 2 is 1.78 bits per heavy atom. The summed E-state index contributed by atoms with van der Waals surface area (Å²) in [5, 5.41) is 36.2. The summed E-state index contributed by atoms with van der Waals surface area (Å²) in [6.07, 6.45) is 2.35. The topological polar surface area (TPSA) is 111 Å². The van der Waals surface area contributed by atoms with Gasteiger partial charge in [0.15, 0.2) is 12.5 Å². The predicted molar refractivity (Wildman–Crippen MR) is 86.1 cm³/mol. The summed E-state index contributed by atoms with van der Waals surface area (Å²) >= 11 is 0. The molecule has 2 atom stereocenters. The summed E-state index contributed by atoms with van der Waals surface area (Å²) in [5.74, 6) is 0. The molecule has 0 aromatic heterocycles. The molecule has 2 aliphatic rings. The fourth-order valence-corrected chi connectivity index (χ4v) is 3.20. The summed E-state index contributed by atoms with van der Waals surface area (Å²) in [6.45, 7) is 2.52. The van der Waals surface area contributed by atoms with Gasteiger partial charge in [-0.25, -0.2) is 0 Å². The molecule has 0 bridgehead atoms. The Hall–Kier alpha value is -1.90. The van der Waals surface area contributed by atoms with E-state index in [1.165, 1.54) is 18.9 Å². The molecule has 1 aromatic rings. The number of aliphatic hydroxyl groups excluding tert-OH is 2. The summed E-state index contributed by atoms with van der Waals surface area (Å²) in [4.78, 5) is 13.0. The highest BCUT2D eigenvalue weighted by Gasteiger charge is 2.28. The minimum Gasteiger partial charge on any atom is -0.369 e. The van der Waals surface area contributed by atoms with Crippen molar-refractivity contribution in [1.82, 2.24) is 4.90 Å². The minimum absolute atomic E-state index is 0.0218. The van der Waals surface area contributed by atoms with Gasteiger partial charge in [-0.15, -0.1) is 0 Å². The van der Waals surface area contributed by atoms with Crippen molar-refractivity contribution in [1.29, 1.82) is 0 Å². The molecule has 8 heteroatoms. The molecular formula is C15H22N4O4. The number of hydrogen-bond donors (Lipinski definition) is 4. The van der Waals surface area contributed by atoms with Crippen molar-refractivity contribution in [3.8, 4) is 0 Å². The van der Waals surface area contributed by atoms with Gasteiger partial charge in [0, 0.05) is 18.7 Å². The zero-order valence-corrected chi connectivity index (χ0v) is 12.9. The van der Waals surface area contributed by atoms with E-state index in [4.69, 9.17) is 0 Å². The van der Waals surface area contributed by atoms with Gasteiger partial charge in [-0.1, -0.05) is 12.8 Å². The summed E-state index contributed by atoms with van der Waals surface area (Å²) in [6, 6.07) is 2.92. The molecule has 4 N–H and O–H groups in total. The number of fused-ring (bicyclic) bond motifs is 1. The highest BCUT2D eigenvalue weighted by Crippen LogP contribution is 2.36. The molecule has 1 fully saturated rings. The number of likely N-dealkylation sites (tertiary alicyclic amines) is 1. The molecule has 2 heterocycles. The maximum Gasteiger partial charge on any atom is 0.271 e. The fraction of sp³-hybridized carbons (Fsp3) is 0.600. The van der Waals surface area contributed by atoms with Crippen LogP contribution in [-0.4, -0.2) is 45.6 Å². The average Bonchev–Trinajstić information content (AvgIpc) is 2.77. The van der Waals surface area contributed by atoms with E-state index >= 15 is 0 Å². The van der Waals surface area contributed by atoms with Gasteiger partial charge in [0.25, 0.3) is 5.69 Å². The van der Waals surface area contributed by atoms with E-state index in [2.05, 4.69) is 15.5 Å². The van der Waals surface area contributed by atoms with Crippen LogP contribution in [0.5, 0.6) is 0 Å². The zero-order valence-electron chi connectivity index (χ0n) is 12.9. The van der Waals surface area contributed by atoms with Gasteiger partial charge in [0.2, 0.25) is 0 Å². The predicted octanol–water partition coefficient (Wildman–Crippen LogP) is 1.44. The maximum absolute atomic E-state index is 11.2. The normalized spacial score (nSPS) is 25.0. The molecule has 0 saturated carbocycles. The van der Waals surface area contributed by atoms with Gasteiger partial charge in [-0.2, -0.15) is 0 Å². The van der Waals surface area contributed by atoms with E-state index in [0.29, 0.717) is 17.9 Å².